The first-order valence-electron chi connectivity index (χ1n) is 8.56. The highest BCUT2D eigenvalue weighted by molar-refractivity contribution is 7.99. The van der Waals surface area contributed by atoms with Gasteiger partial charge in [0.05, 0.1) is 11.3 Å². The van der Waals surface area contributed by atoms with Crippen LogP contribution in [0.4, 0.5) is 4.39 Å². The van der Waals surface area contributed by atoms with Crippen molar-refractivity contribution in [2.75, 3.05) is 5.75 Å². The molecule has 1 aliphatic rings. The number of Topliss-reactive ketones (excluding diaryl/α,β-unsaturated/α-hetero) is 1. The summed E-state index contributed by atoms with van der Waals surface area (Å²) in [6.45, 7) is 1.99. The highest BCUT2D eigenvalue weighted by Crippen LogP contribution is 2.41. The molecule has 1 fully saturated rings. The molecule has 0 N–H and O–H groups in total. The number of aromatic nitrogens is 3. The smallest absolute Gasteiger partial charge is 0.192 e. The number of rotatable bonds is 6. The maximum Gasteiger partial charge on any atom is 0.192 e. The molecule has 1 aliphatic carbocycles. The van der Waals surface area contributed by atoms with Crippen molar-refractivity contribution in [1.29, 1.82) is 0 Å². The van der Waals surface area contributed by atoms with Crippen LogP contribution in [0.25, 0.3) is 11.4 Å². The molecule has 6 heteroatoms. The molecule has 0 bridgehead atoms. The minimum Gasteiger partial charge on any atom is -0.299 e. The third-order valence-corrected chi connectivity index (χ3v) is 5.34. The Morgan fingerprint density at radius 3 is 2.58 bits per heavy atom. The van der Waals surface area contributed by atoms with Gasteiger partial charge in [0.25, 0.3) is 0 Å². The first-order chi connectivity index (χ1) is 12.6. The van der Waals surface area contributed by atoms with E-state index >= 15 is 0 Å². The molecule has 0 radical (unpaired) electrons. The van der Waals surface area contributed by atoms with Crippen molar-refractivity contribution in [3.8, 4) is 11.4 Å². The van der Waals surface area contributed by atoms with Gasteiger partial charge >= 0.3 is 0 Å². The quantitative estimate of drug-likeness (QED) is 0.468. The molecule has 26 heavy (non-hydrogen) atoms. The molecule has 132 valence electrons. The lowest BCUT2D eigenvalue weighted by molar-refractivity contribution is 0.102. The number of nitrogens with zero attached hydrogens (tertiary/aromatic N) is 3. The number of hydrogen-bond acceptors (Lipinski definition) is 4. The lowest BCUT2D eigenvalue weighted by atomic mass is 10.1. The maximum absolute atomic E-state index is 14.2. The van der Waals surface area contributed by atoms with Gasteiger partial charge in [-0.25, -0.2) is 4.39 Å². The van der Waals surface area contributed by atoms with Gasteiger partial charge in [-0.1, -0.05) is 53.7 Å². The van der Waals surface area contributed by atoms with E-state index in [1.165, 1.54) is 17.8 Å². The van der Waals surface area contributed by atoms with Gasteiger partial charge in [0.15, 0.2) is 16.8 Å². The average Bonchev–Trinajstić information content (AvgIpc) is 3.40. The first kappa shape index (κ1) is 17.0. The van der Waals surface area contributed by atoms with E-state index in [-0.39, 0.29) is 23.4 Å². The van der Waals surface area contributed by atoms with E-state index in [2.05, 4.69) is 10.2 Å². The number of hydrogen-bond donors (Lipinski definition) is 0. The second-order valence-corrected chi connectivity index (χ2v) is 7.41. The SMILES string of the molecule is Cc1ccc(C(=O)CSc2nnc(-c3ccccc3F)n2C2CC2)cc1. The fourth-order valence-electron chi connectivity index (χ4n) is 2.82. The van der Waals surface area contributed by atoms with Gasteiger partial charge in [-0.2, -0.15) is 0 Å². The Balaban J connectivity index is 1.57. The zero-order chi connectivity index (χ0) is 18.1. The van der Waals surface area contributed by atoms with E-state index in [9.17, 15) is 9.18 Å². The molecule has 0 aliphatic heterocycles. The number of carbonyl (C=O) groups is 1. The zero-order valence-electron chi connectivity index (χ0n) is 14.4. The van der Waals surface area contributed by atoms with Crippen molar-refractivity contribution in [1.82, 2.24) is 14.8 Å². The molecule has 4 rings (SSSR count). The van der Waals surface area contributed by atoms with Gasteiger partial charge in [0, 0.05) is 11.6 Å². The van der Waals surface area contributed by atoms with Crippen LogP contribution in [0.2, 0.25) is 0 Å². The van der Waals surface area contributed by atoms with E-state index in [1.807, 2.05) is 35.8 Å². The van der Waals surface area contributed by atoms with E-state index in [4.69, 9.17) is 0 Å². The van der Waals surface area contributed by atoms with Crippen LogP contribution in [0.3, 0.4) is 0 Å². The minimum absolute atomic E-state index is 0.0489. The Kier molecular flexibility index (Phi) is 4.59. The van der Waals surface area contributed by atoms with Crippen LogP contribution < -0.4 is 0 Å². The molecule has 0 saturated heterocycles. The van der Waals surface area contributed by atoms with Crippen molar-refractivity contribution in [2.24, 2.45) is 0 Å². The minimum atomic E-state index is -0.311. The van der Waals surface area contributed by atoms with E-state index in [0.29, 0.717) is 22.1 Å². The number of carbonyl (C=O) groups excluding carboxylic acids is 1. The molecule has 0 amide bonds. The Morgan fingerprint density at radius 2 is 1.88 bits per heavy atom. The van der Waals surface area contributed by atoms with Gasteiger partial charge in [-0.15, -0.1) is 10.2 Å². The summed E-state index contributed by atoms with van der Waals surface area (Å²) in [5, 5.41) is 9.12. The second kappa shape index (κ2) is 7.03. The monoisotopic (exact) mass is 367 g/mol. The van der Waals surface area contributed by atoms with Crippen LogP contribution in [0.15, 0.2) is 53.7 Å². The molecular formula is C20H18FN3OS. The lowest BCUT2D eigenvalue weighted by Gasteiger charge is -2.09. The fraction of sp³-hybridized carbons (Fsp3) is 0.250. The summed E-state index contributed by atoms with van der Waals surface area (Å²) in [6.07, 6.45) is 2.05. The van der Waals surface area contributed by atoms with Gasteiger partial charge in [0.2, 0.25) is 0 Å². The Morgan fingerprint density at radius 1 is 1.15 bits per heavy atom. The largest absolute Gasteiger partial charge is 0.299 e. The van der Waals surface area contributed by atoms with E-state index in [1.54, 1.807) is 18.2 Å². The van der Waals surface area contributed by atoms with Crippen molar-refractivity contribution in [3.63, 3.8) is 0 Å². The Labute approximate surface area is 155 Å². The molecular weight excluding hydrogens is 349 g/mol. The van der Waals surface area contributed by atoms with Crippen LogP contribution in [-0.2, 0) is 0 Å². The second-order valence-electron chi connectivity index (χ2n) is 6.47. The third kappa shape index (κ3) is 3.42. The molecule has 0 spiro atoms. The number of thioether (sulfide) groups is 1. The molecule has 0 unspecified atom stereocenters. The van der Waals surface area contributed by atoms with Crippen molar-refractivity contribution >= 4 is 17.5 Å². The maximum atomic E-state index is 14.2. The highest BCUT2D eigenvalue weighted by Gasteiger charge is 2.31. The van der Waals surface area contributed by atoms with Crippen LogP contribution in [0, 0.1) is 12.7 Å². The first-order valence-corrected chi connectivity index (χ1v) is 9.54. The number of aryl methyl sites for hydroxylation is 1. The summed E-state index contributed by atoms with van der Waals surface area (Å²) >= 11 is 1.36. The van der Waals surface area contributed by atoms with Crippen LogP contribution in [0.1, 0.15) is 34.8 Å². The summed E-state index contributed by atoms with van der Waals surface area (Å²) in [5.74, 6) is 0.559. The third-order valence-electron chi connectivity index (χ3n) is 4.40. The lowest BCUT2D eigenvalue weighted by Crippen LogP contribution is -2.05. The Bertz CT molecular complexity index is 948. The van der Waals surface area contributed by atoms with Crippen molar-refractivity contribution in [3.05, 3.63) is 65.5 Å². The Hall–Kier alpha value is -2.47. The molecule has 3 aromatic rings. The van der Waals surface area contributed by atoms with Crippen LogP contribution in [-0.4, -0.2) is 26.3 Å². The molecule has 0 atom stereocenters. The van der Waals surface area contributed by atoms with Crippen molar-refractivity contribution < 1.29 is 9.18 Å². The summed E-state index contributed by atoms with van der Waals surface area (Å²) in [7, 11) is 0. The fourth-order valence-corrected chi connectivity index (χ4v) is 3.72. The standard InChI is InChI=1S/C20H18FN3OS/c1-13-6-8-14(9-7-13)18(25)12-26-20-23-22-19(24(20)15-10-11-15)16-4-2-3-5-17(16)21/h2-9,15H,10-12H2,1H3. The molecule has 1 heterocycles. The van der Waals surface area contributed by atoms with Gasteiger partial charge in [-0.3, -0.25) is 9.36 Å². The summed E-state index contributed by atoms with van der Waals surface area (Å²) in [4.78, 5) is 12.4. The number of halogens is 1. The van der Waals surface area contributed by atoms with E-state index < -0.39 is 0 Å². The molecule has 1 aromatic heterocycles. The van der Waals surface area contributed by atoms with Crippen LogP contribution >= 0.6 is 11.8 Å². The van der Waals surface area contributed by atoms with Gasteiger partial charge < -0.3 is 0 Å². The van der Waals surface area contributed by atoms with Crippen molar-refractivity contribution in [2.45, 2.75) is 31.0 Å². The number of ketones is 1. The van der Waals surface area contributed by atoms with Gasteiger partial charge in [-0.05, 0) is 31.9 Å². The highest BCUT2D eigenvalue weighted by atomic mass is 32.2. The molecule has 4 nitrogen and oxygen atoms in total. The molecule has 2 aromatic carbocycles. The summed E-state index contributed by atoms with van der Waals surface area (Å²) in [6, 6.07) is 14.4. The van der Waals surface area contributed by atoms with Gasteiger partial charge in [0.1, 0.15) is 5.82 Å². The topological polar surface area (TPSA) is 47.8 Å². The predicted octanol–water partition coefficient (Wildman–Crippen LogP) is 4.70. The predicted molar refractivity (Wildman–Crippen MR) is 99.9 cm³/mol. The van der Waals surface area contributed by atoms with Crippen LogP contribution in [0.5, 0.6) is 0 Å². The zero-order valence-corrected chi connectivity index (χ0v) is 15.2. The summed E-state index contributed by atoms with van der Waals surface area (Å²) < 4.78 is 16.2. The average molecular weight is 367 g/mol. The molecule has 1 saturated carbocycles. The van der Waals surface area contributed by atoms with E-state index in [0.717, 1.165) is 18.4 Å². The normalized spacial score (nSPS) is 13.8. The number of benzene rings is 2. The summed E-state index contributed by atoms with van der Waals surface area (Å²) in [5.41, 5.74) is 2.26.